The molecular formula is C42H27NOS. The van der Waals surface area contributed by atoms with E-state index in [0.717, 1.165) is 50.1 Å². The Bertz CT molecular complexity index is 2470. The molecule has 2 heterocycles. The van der Waals surface area contributed by atoms with Gasteiger partial charge in [0.2, 0.25) is 0 Å². The minimum Gasteiger partial charge on any atom is -0.455 e. The summed E-state index contributed by atoms with van der Waals surface area (Å²) in [5.74, 6) is 0. The van der Waals surface area contributed by atoms with E-state index in [1.807, 2.05) is 23.5 Å². The monoisotopic (exact) mass is 593 g/mol. The van der Waals surface area contributed by atoms with E-state index in [2.05, 4.69) is 157 Å². The summed E-state index contributed by atoms with van der Waals surface area (Å²) < 4.78 is 8.97. The number of hydrogen-bond donors (Lipinski definition) is 0. The Morgan fingerprint density at radius 2 is 1.00 bits per heavy atom. The maximum Gasteiger partial charge on any atom is 0.143 e. The fraction of sp³-hybridized carbons (Fsp3) is 0. The van der Waals surface area contributed by atoms with Gasteiger partial charge in [-0.15, -0.1) is 11.3 Å². The predicted molar refractivity (Wildman–Crippen MR) is 192 cm³/mol. The summed E-state index contributed by atoms with van der Waals surface area (Å²) >= 11 is 1.85. The molecule has 0 saturated carbocycles. The van der Waals surface area contributed by atoms with Crippen molar-refractivity contribution in [3.05, 3.63) is 164 Å². The van der Waals surface area contributed by atoms with E-state index in [1.165, 1.54) is 31.3 Å². The third kappa shape index (κ3) is 4.40. The van der Waals surface area contributed by atoms with Crippen molar-refractivity contribution in [2.75, 3.05) is 4.90 Å². The highest BCUT2D eigenvalue weighted by atomic mass is 32.1. The second-order valence-corrected chi connectivity index (χ2v) is 12.4. The van der Waals surface area contributed by atoms with Gasteiger partial charge < -0.3 is 9.32 Å². The molecule has 9 rings (SSSR count). The molecule has 0 aliphatic rings. The molecule has 0 bridgehead atoms. The van der Waals surface area contributed by atoms with Gasteiger partial charge in [0, 0.05) is 53.6 Å². The molecule has 45 heavy (non-hydrogen) atoms. The van der Waals surface area contributed by atoms with Crippen LogP contribution in [0.1, 0.15) is 0 Å². The highest BCUT2D eigenvalue weighted by Gasteiger charge is 2.17. The number of hydrogen-bond acceptors (Lipinski definition) is 3. The van der Waals surface area contributed by atoms with Gasteiger partial charge in [0.05, 0.1) is 0 Å². The Morgan fingerprint density at radius 3 is 1.80 bits per heavy atom. The van der Waals surface area contributed by atoms with Crippen LogP contribution in [0.25, 0.3) is 64.4 Å². The Morgan fingerprint density at radius 1 is 0.400 bits per heavy atom. The molecule has 0 radical (unpaired) electrons. The van der Waals surface area contributed by atoms with Crippen molar-refractivity contribution in [3.8, 4) is 22.3 Å². The molecule has 0 spiro atoms. The normalized spacial score (nSPS) is 11.6. The summed E-state index contributed by atoms with van der Waals surface area (Å²) in [5, 5.41) is 4.87. The third-order valence-corrected chi connectivity index (χ3v) is 9.84. The number of thiophene rings is 1. The molecule has 0 unspecified atom stereocenters. The summed E-state index contributed by atoms with van der Waals surface area (Å²) in [7, 11) is 0. The molecule has 0 atom stereocenters. The number of anilines is 3. The van der Waals surface area contributed by atoms with Crippen molar-refractivity contribution in [3.63, 3.8) is 0 Å². The first-order chi connectivity index (χ1) is 22.3. The average molecular weight is 594 g/mol. The first-order valence-electron chi connectivity index (χ1n) is 15.2. The van der Waals surface area contributed by atoms with Crippen LogP contribution in [0.5, 0.6) is 0 Å². The molecule has 3 heteroatoms. The fourth-order valence-electron chi connectivity index (χ4n) is 6.50. The van der Waals surface area contributed by atoms with Gasteiger partial charge in [-0.05, 0) is 71.3 Å². The zero-order valence-electron chi connectivity index (χ0n) is 24.4. The molecule has 7 aromatic carbocycles. The topological polar surface area (TPSA) is 16.4 Å². The van der Waals surface area contributed by atoms with Gasteiger partial charge >= 0.3 is 0 Å². The van der Waals surface area contributed by atoms with Gasteiger partial charge in [-0.1, -0.05) is 109 Å². The maximum atomic E-state index is 6.36. The van der Waals surface area contributed by atoms with Crippen LogP contribution in [0.4, 0.5) is 17.1 Å². The van der Waals surface area contributed by atoms with Crippen LogP contribution in [0.3, 0.4) is 0 Å². The van der Waals surface area contributed by atoms with Crippen LogP contribution in [-0.2, 0) is 0 Å². The van der Waals surface area contributed by atoms with E-state index < -0.39 is 0 Å². The van der Waals surface area contributed by atoms with Crippen LogP contribution >= 0.6 is 11.3 Å². The van der Waals surface area contributed by atoms with Gasteiger partial charge in [-0.2, -0.15) is 0 Å². The van der Waals surface area contributed by atoms with Crippen molar-refractivity contribution in [1.29, 1.82) is 0 Å². The first kappa shape index (κ1) is 25.8. The van der Waals surface area contributed by atoms with E-state index in [1.54, 1.807) is 0 Å². The van der Waals surface area contributed by atoms with Crippen molar-refractivity contribution >= 4 is 70.5 Å². The third-order valence-electron chi connectivity index (χ3n) is 8.69. The van der Waals surface area contributed by atoms with Gasteiger partial charge in [0.1, 0.15) is 11.2 Å². The highest BCUT2D eigenvalue weighted by Crippen LogP contribution is 2.42. The molecule has 0 fully saturated rings. The lowest BCUT2D eigenvalue weighted by Crippen LogP contribution is -2.09. The Labute approximate surface area is 265 Å². The Hall–Kier alpha value is -5.64. The molecular weight excluding hydrogens is 567 g/mol. The van der Waals surface area contributed by atoms with Crippen LogP contribution in [0.2, 0.25) is 0 Å². The molecule has 9 aromatic rings. The minimum atomic E-state index is 0.915. The number of furan rings is 1. The Balaban J connectivity index is 1.17. The van der Waals surface area contributed by atoms with Gasteiger partial charge in [-0.3, -0.25) is 0 Å². The lowest BCUT2D eigenvalue weighted by Gasteiger charge is -2.26. The zero-order valence-corrected chi connectivity index (χ0v) is 25.2. The quantitative estimate of drug-likeness (QED) is 0.197. The molecule has 0 saturated heterocycles. The van der Waals surface area contributed by atoms with Crippen molar-refractivity contribution in [2.24, 2.45) is 0 Å². The number of rotatable bonds is 5. The fourth-order valence-corrected chi connectivity index (χ4v) is 7.58. The van der Waals surface area contributed by atoms with E-state index in [0.29, 0.717) is 0 Å². The summed E-state index contributed by atoms with van der Waals surface area (Å²) in [6.45, 7) is 0. The predicted octanol–water partition coefficient (Wildman–Crippen LogP) is 12.8. The second kappa shape index (κ2) is 10.5. The molecule has 2 nitrogen and oxygen atoms in total. The number of para-hydroxylation sites is 2. The van der Waals surface area contributed by atoms with Crippen LogP contribution in [-0.4, -0.2) is 0 Å². The van der Waals surface area contributed by atoms with E-state index in [9.17, 15) is 0 Å². The van der Waals surface area contributed by atoms with Crippen LogP contribution in [0, 0.1) is 0 Å². The second-order valence-electron chi connectivity index (χ2n) is 11.4. The highest BCUT2D eigenvalue weighted by molar-refractivity contribution is 7.25. The lowest BCUT2D eigenvalue weighted by molar-refractivity contribution is 0.670. The van der Waals surface area contributed by atoms with Crippen LogP contribution < -0.4 is 4.90 Å². The average Bonchev–Trinajstić information content (AvgIpc) is 3.68. The smallest absolute Gasteiger partial charge is 0.143 e. The van der Waals surface area contributed by atoms with E-state index in [4.69, 9.17) is 4.42 Å². The SMILES string of the molecule is c1ccc(-c2ccc(N(c3ccc(-c4cccc5c4oc4ccccc45)cc3)c3ccc4sc5ccccc5c4c3)cc2)cc1. The number of benzene rings is 7. The molecule has 0 N–H and O–H groups in total. The standard InChI is InChI=1S/C42H27NOS/c1-2-9-28(10-3-1)29-17-21-31(22-18-29)43(33-25-26-41-38(27-33)36-12-5-7-16-40(36)45-41)32-23-19-30(20-24-32)34-13-8-14-37-35-11-4-6-15-39(35)44-42(34)37/h1-27H. The number of fused-ring (bicyclic) bond motifs is 6. The largest absolute Gasteiger partial charge is 0.455 e. The summed E-state index contributed by atoms with van der Waals surface area (Å²) in [6.07, 6.45) is 0. The van der Waals surface area contributed by atoms with Gasteiger partial charge in [-0.25, -0.2) is 0 Å². The molecule has 0 aliphatic heterocycles. The molecule has 2 aromatic heterocycles. The first-order valence-corrected chi connectivity index (χ1v) is 16.0. The van der Waals surface area contributed by atoms with Gasteiger partial charge in [0.15, 0.2) is 0 Å². The van der Waals surface area contributed by atoms with E-state index >= 15 is 0 Å². The number of nitrogens with zero attached hydrogens (tertiary/aromatic N) is 1. The van der Waals surface area contributed by atoms with Crippen molar-refractivity contribution < 1.29 is 4.42 Å². The summed E-state index contributed by atoms with van der Waals surface area (Å²) in [4.78, 5) is 2.35. The molecule has 0 amide bonds. The summed E-state index contributed by atoms with van der Waals surface area (Å²) in [6, 6.07) is 58.5. The van der Waals surface area contributed by atoms with Crippen molar-refractivity contribution in [2.45, 2.75) is 0 Å². The Kier molecular flexibility index (Phi) is 6.03. The molecule has 0 aliphatic carbocycles. The van der Waals surface area contributed by atoms with E-state index in [-0.39, 0.29) is 0 Å². The lowest BCUT2D eigenvalue weighted by atomic mass is 10.0. The molecule has 212 valence electrons. The van der Waals surface area contributed by atoms with Gasteiger partial charge in [0.25, 0.3) is 0 Å². The van der Waals surface area contributed by atoms with Crippen molar-refractivity contribution in [1.82, 2.24) is 0 Å². The minimum absolute atomic E-state index is 0.915. The maximum absolute atomic E-state index is 6.36. The van der Waals surface area contributed by atoms with Crippen LogP contribution in [0.15, 0.2) is 168 Å². The summed E-state index contributed by atoms with van der Waals surface area (Å²) in [5.41, 5.74) is 9.82. The zero-order chi connectivity index (χ0) is 29.7.